The first-order chi connectivity index (χ1) is 14.1. The number of nitrogens with two attached hydrogens (primary N) is 1. The lowest BCUT2D eigenvalue weighted by Crippen LogP contribution is -2.40. The van der Waals surface area contributed by atoms with Crippen molar-refractivity contribution in [3.05, 3.63) is 76.9 Å². The Kier molecular flexibility index (Phi) is 5.80. The molecule has 30 heavy (non-hydrogen) atoms. The minimum Gasteiger partial charge on any atom is -0.480 e. The molecule has 154 valence electrons. The molecule has 0 saturated carbocycles. The molecule has 2 aromatic carbocycles. The smallest absolute Gasteiger partial charge is 0.320 e. The first-order valence-corrected chi connectivity index (χ1v) is 9.64. The molecule has 0 aromatic heterocycles. The molecule has 4 rings (SSSR count). The lowest BCUT2D eigenvalue weighted by molar-refractivity contribution is -0.138. The first kappa shape index (κ1) is 21.3. The van der Waals surface area contributed by atoms with Gasteiger partial charge in [0.2, 0.25) is 0 Å². The molecule has 3 N–H and O–H groups in total. The maximum Gasteiger partial charge on any atom is 0.320 e. The molecule has 6 heteroatoms. The molecular weight excluding hydrogens is 380 g/mol. The summed E-state index contributed by atoms with van der Waals surface area (Å²) in [5, 5.41) is 8.97. The summed E-state index contributed by atoms with van der Waals surface area (Å²) >= 11 is 0. The number of carbonyl (C=O) groups excluding carboxylic acids is 2. The van der Waals surface area contributed by atoms with Gasteiger partial charge in [0.25, 0.3) is 0 Å². The van der Waals surface area contributed by atoms with Crippen LogP contribution in [0.5, 0.6) is 0 Å². The minimum absolute atomic E-state index is 0.0924. The van der Waals surface area contributed by atoms with Gasteiger partial charge in [-0.25, -0.2) is 0 Å². The summed E-state index contributed by atoms with van der Waals surface area (Å²) in [4.78, 5) is 37.9. The molecule has 1 aliphatic carbocycles. The van der Waals surface area contributed by atoms with E-state index in [1.165, 1.54) is 12.2 Å². The molecule has 0 spiro atoms. The SMILES string of the molecule is CC1=Nc2cc(C)ccc2C1(C)CC(N)C(=O)O.O=C1C=CC(=O)c2ccccc21. The van der Waals surface area contributed by atoms with Crippen molar-refractivity contribution in [2.45, 2.75) is 38.6 Å². The van der Waals surface area contributed by atoms with E-state index in [0.29, 0.717) is 17.5 Å². The number of rotatable bonds is 3. The molecule has 2 unspecified atom stereocenters. The van der Waals surface area contributed by atoms with Gasteiger partial charge in [0.1, 0.15) is 6.04 Å². The summed E-state index contributed by atoms with van der Waals surface area (Å²) in [5.74, 6) is -1.15. The van der Waals surface area contributed by atoms with Gasteiger partial charge < -0.3 is 10.8 Å². The monoisotopic (exact) mass is 404 g/mol. The number of nitrogens with zero attached hydrogens (tertiary/aromatic N) is 1. The second-order valence-electron chi connectivity index (χ2n) is 7.81. The van der Waals surface area contributed by atoms with Crippen molar-refractivity contribution >= 4 is 28.9 Å². The average Bonchev–Trinajstić information content (AvgIpc) is 2.94. The van der Waals surface area contributed by atoms with E-state index in [-0.39, 0.29) is 17.0 Å². The highest BCUT2D eigenvalue weighted by Crippen LogP contribution is 2.43. The number of allylic oxidation sites excluding steroid dienone is 2. The fourth-order valence-corrected chi connectivity index (χ4v) is 3.73. The van der Waals surface area contributed by atoms with Crippen molar-refractivity contribution in [2.24, 2.45) is 10.7 Å². The van der Waals surface area contributed by atoms with Crippen molar-refractivity contribution in [3.63, 3.8) is 0 Å². The Labute approximate surface area is 175 Å². The Hall–Kier alpha value is -3.38. The molecule has 0 radical (unpaired) electrons. The largest absolute Gasteiger partial charge is 0.480 e. The lowest BCUT2D eigenvalue weighted by atomic mass is 9.75. The van der Waals surface area contributed by atoms with E-state index in [9.17, 15) is 14.4 Å². The molecule has 0 fully saturated rings. The molecule has 1 heterocycles. The van der Waals surface area contributed by atoms with Crippen LogP contribution < -0.4 is 5.73 Å². The van der Waals surface area contributed by atoms with Crippen molar-refractivity contribution in [2.75, 3.05) is 0 Å². The van der Waals surface area contributed by atoms with Crippen molar-refractivity contribution in [1.82, 2.24) is 0 Å². The number of carbonyl (C=O) groups is 3. The number of fused-ring (bicyclic) bond motifs is 2. The number of benzene rings is 2. The van der Waals surface area contributed by atoms with Crippen LogP contribution in [0.4, 0.5) is 5.69 Å². The Morgan fingerprint density at radius 2 is 1.63 bits per heavy atom. The van der Waals surface area contributed by atoms with Gasteiger partial charge in [-0.1, -0.05) is 43.3 Å². The van der Waals surface area contributed by atoms with Gasteiger partial charge in [0.15, 0.2) is 11.6 Å². The predicted octanol–water partition coefficient (Wildman–Crippen LogP) is 3.78. The van der Waals surface area contributed by atoms with Crippen LogP contribution in [0.3, 0.4) is 0 Å². The van der Waals surface area contributed by atoms with Crippen LogP contribution in [0, 0.1) is 6.92 Å². The van der Waals surface area contributed by atoms with E-state index in [2.05, 4.69) is 4.99 Å². The maximum absolute atomic E-state index is 11.2. The standard InChI is InChI=1S/C14H18N2O2.C10H6O2/c1-8-4-5-10-12(6-8)16-9(2)14(10,3)7-11(15)13(17)18;11-9-5-6-10(12)8-4-2-1-3-7(8)9/h4-6,11H,7,15H2,1-3H3,(H,17,18);1-6H. The molecule has 0 amide bonds. The number of ketones is 2. The third kappa shape index (κ3) is 4.00. The summed E-state index contributed by atoms with van der Waals surface area (Å²) in [6.45, 7) is 5.96. The molecular formula is C24H24N2O4. The van der Waals surface area contributed by atoms with Gasteiger partial charge >= 0.3 is 5.97 Å². The summed E-state index contributed by atoms with van der Waals surface area (Å²) in [6, 6.07) is 12.0. The fourth-order valence-electron chi connectivity index (χ4n) is 3.73. The average molecular weight is 404 g/mol. The van der Waals surface area contributed by atoms with Gasteiger partial charge in [-0.3, -0.25) is 19.4 Å². The van der Waals surface area contributed by atoms with E-state index >= 15 is 0 Å². The van der Waals surface area contributed by atoms with Gasteiger partial charge in [-0.05, 0) is 49.6 Å². The maximum atomic E-state index is 11.2. The Balaban J connectivity index is 0.000000184. The molecule has 0 saturated heterocycles. The van der Waals surface area contributed by atoms with Crippen LogP contribution in [0.2, 0.25) is 0 Å². The number of aryl methyl sites for hydroxylation is 1. The molecule has 2 atom stereocenters. The highest BCUT2D eigenvalue weighted by atomic mass is 16.4. The molecule has 2 aromatic rings. The Morgan fingerprint density at radius 1 is 1.07 bits per heavy atom. The van der Waals surface area contributed by atoms with Gasteiger partial charge in [0, 0.05) is 22.3 Å². The Bertz CT molecular complexity index is 1060. The number of hydrogen-bond donors (Lipinski definition) is 2. The second kappa shape index (κ2) is 8.16. The zero-order chi connectivity index (χ0) is 22.1. The number of aliphatic carboxylic acids is 1. The van der Waals surface area contributed by atoms with Crippen LogP contribution in [-0.2, 0) is 10.2 Å². The van der Waals surface area contributed by atoms with Crippen LogP contribution in [0.1, 0.15) is 52.1 Å². The number of aliphatic imine (C=N–C) groups is 1. The zero-order valence-corrected chi connectivity index (χ0v) is 17.2. The summed E-state index contributed by atoms with van der Waals surface area (Å²) in [6.07, 6.45) is 2.99. The minimum atomic E-state index is -0.968. The van der Waals surface area contributed by atoms with Crippen LogP contribution in [0.15, 0.2) is 59.6 Å². The van der Waals surface area contributed by atoms with Crippen molar-refractivity contribution in [1.29, 1.82) is 0 Å². The van der Waals surface area contributed by atoms with E-state index < -0.39 is 12.0 Å². The molecule has 6 nitrogen and oxygen atoms in total. The topological polar surface area (TPSA) is 110 Å². The number of hydrogen-bond acceptors (Lipinski definition) is 5. The van der Waals surface area contributed by atoms with Gasteiger partial charge in [-0.2, -0.15) is 0 Å². The van der Waals surface area contributed by atoms with E-state index in [1.54, 1.807) is 24.3 Å². The molecule has 1 aliphatic heterocycles. The summed E-state index contributed by atoms with van der Waals surface area (Å²) in [7, 11) is 0. The normalized spacial score (nSPS) is 19.9. The van der Waals surface area contributed by atoms with Gasteiger partial charge in [0.05, 0.1) is 5.69 Å². The summed E-state index contributed by atoms with van der Waals surface area (Å²) in [5.41, 5.74) is 10.4. The Morgan fingerprint density at radius 3 is 2.17 bits per heavy atom. The quantitative estimate of drug-likeness (QED) is 0.809. The number of carboxylic acid groups (broad SMARTS) is 1. The van der Waals surface area contributed by atoms with E-state index in [1.807, 2.05) is 39.0 Å². The van der Waals surface area contributed by atoms with Gasteiger partial charge in [-0.15, -0.1) is 0 Å². The first-order valence-electron chi connectivity index (χ1n) is 9.64. The third-order valence-corrected chi connectivity index (χ3v) is 5.62. The lowest BCUT2D eigenvalue weighted by Gasteiger charge is -2.28. The fraction of sp³-hybridized carbons (Fsp3) is 0.250. The number of carboxylic acids is 1. The third-order valence-electron chi connectivity index (χ3n) is 5.62. The van der Waals surface area contributed by atoms with Crippen molar-refractivity contribution in [3.8, 4) is 0 Å². The highest BCUT2D eigenvalue weighted by Gasteiger charge is 2.39. The van der Waals surface area contributed by atoms with E-state index in [0.717, 1.165) is 22.5 Å². The highest BCUT2D eigenvalue weighted by molar-refractivity contribution is 6.21. The molecule has 0 bridgehead atoms. The van der Waals surface area contributed by atoms with E-state index in [4.69, 9.17) is 10.8 Å². The van der Waals surface area contributed by atoms with Crippen molar-refractivity contribution < 1.29 is 19.5 Å². The summed E-state index contributed by atoms with van der Waals surface area (Å²) < 4.78 is 0. The van der Waals surface area contributed by atoms with Crippen LogP contribution >= 0.6 is 0 Å². The predicted molar refractivity (Wildman–Crippen MR) is 116 cm³/mol. The zero-order valence-electron chi connectivity index (χ0n) is 17.2. The molecule has 2 aliphatic rings. The second-order valence-corrected chi connectivity index (χ2v) is 7.81. The van der Waals surface area contributed by atoms with Crippen LogP contribution in [0.25, 0.3) is 0 Å². The van der Waals surface area contributed by atoms with Crippen LogP contribution in [-0.4, -0.2) is 34.4 Å².